The van der Waals surface area contributed by atoms with Crippen LogP contribution in [0.5, 0.6) is 11.6 Å². The van der Waals surface area contributed by atoms with Gasteiger partial charge >= 0.3 is 5.97 Å². The highest BCUT2D eigenvalue weighted by Gasteiger charge is 2.40. The molecule has 0 radical (unpaired) electrons. The number of carbonyl (C=O) groups excluding carboxylic acids is 1. The molecule has 11 heteroatoms. The molecule has 32 heavy (non-hydrogen) atoms. The van der Waals surface area contributed by atoms with Crippen LogP contribution in [0.4, 0.5) is 5.82 Å². The fourth-order valence-corrected chi connectivity index (χ4v) is 4.08. The van der Waals surface area contributed by atoms with Crippen molar-refractivity contribution in [2.75, 3.05) is 18.1 Å². The Hall–Kier alpha value is -3.60. The zero-order valence-electron chi connectivity index (χ0n) is 17.3. The predicted octanol–water partition coefficient (Wildman–Crippen LogP) is 3.77. The Morgan fingerprint density at radius 1 is 1.28 bits per heavy atom. The lowest BCUT2D eigenvalue weighted by Gasteiger charge is -2.33. The van der Waals surface area contributed by atoms with Crippen LogP contribution >= 0.6 is 11.5 Å². The van der Waals surface area contributed by atoms with Crippen LogP contribution in [0.1, 0.15) is 19.8 Å². The minimum Gasteiger partial charge on any atom is -0.466 e. The van der Waals surface area contributed by atoms with Gasteiger partial charge in [0.05, 0.1) is 12.5 Å². The van der Waals surface area contributed by atoms with Gasteiger partial charge in [-0.1, -0.05) is 10.6 Å². The lowest BCUT2D eigenvalue weighted by Crippen LogP contribution is -2.49. The Morgan fingerprint density at radius 3 is 2.78 bits per heavy atom. The van der Waals surface area contributed by atoms with E-state index in [-0.39, 0.29) is 23.9 Å². The number of hydrogen-bond donors (Lipinski definition) is 0. The van der Waals surface area contributed by atoms with E-state index < -0.39 is 12.1 Å². The number of aromatic nitrogens is 3. The standard InChI is InChI=1S/C21H21N5O5S/c1-2-30-21(27)15-10-11-25(20(12-15)26(28)29)18-4-3-5-19(22-18)31-16-8-6-14(7-9-16)17-13-32-24-23-17/h3-9,13,15,20H,2,10-12H2,1H3. The lowest BCUT2D eigenvalue weighted by molar-refractivity contribution is -0.525. The highest BCUT2D eigenvalue weighted by atomic mass is 32.1. The normalized spacial score (nSPS) is 18.2. The molecule has 1 aromatic carbocycles. The van der Waals surface area contributed by atoms with Gasteiger partial charge < -0.3 is 9.47 Å². The van der Waals surface area contributed by atoms with E-state index >= 15 is 0 Å². The molecule has 2 unspecified atom stereocenters. The minimum atomic E-state index is -1.06. The molecular weight excluding hydrogens is 434 g/mol. The molecule has 0 saturated carbocycles. The third-order valence-corrected chi connectivity index (χ3v) is 5.68. The first-order chi connectivity index (χ1) is 15.5. The van der Waals surface area contributed by atoms with Crippen LogP contribution in [-0.2, 0) is 9.53 Å². The summed E-state index contributed by atoms with van der Waals surface area (Å²) in [6, 6.07) is 12.5. The van der Waals surface area contributed by atoms with E-state index in [2.05, 4.69) is 14.6 Å². The summed E-state index contributed by atoms with van der Waals surface area (Å²) in [5.41, 5.74) is 1.71. The van der Waals surface area contributed by atoms with Gasteiger partial charge in [0.1, 0.15) is 17.3 Å². The van der Waals surface area contributed by atoms with E-state index in [0.29, 0.717) is 30.4 Å². The van der Waals surface area contributed by atoms with Crippen molar-refractivity contribution in [2.45, 2.75) is 25.9 Å². The second kappa shape index (κ2) is 9.69. The molecule has 0 bridgehead atoms. The van der Waals surface area contributed by atoms with Gasteiger partial charge in [-0.3, -0.25) is 19.8 Å². The summed E-state index contributed by atoms with van der Waals surface area (Å²) in [4.78, 5) is 29.5. The van der Waals surface area contributed by atoms with Crippen molar-refractivity contribution in [1.29, 1.82) is 0 Å². The molecule has 3 heterocycles. The second-order valence-corrected chi connectivity index (χ2v) is 7.79. The Balaban J connectivity index is 1.48. The van der Waals surface area contributed by atoms with Gasteiger partial charge in [0.2, 0.25) is 5.88 Å². The average Bonchev–Trinajstić information content (AvgIpc) is 3.34. The molecule has 1 aliphatic rings. The quantitative estimate of drug-likeness (QED) is 0.298. The van der Waals surface area contributed by atoms with Gasteiger partial charge in [0.15, 0.2) is 0 Å². The zero-order chi connectivity index (χ0) is 22.5. The van der Waals surface area contributed by atoms with Crippen LogP contribution in [-0.4, -0.2) is 44.8 Å². The van der Waals surface area contributed by atoms with Gasteiger partial charge in [0, 0.05) is 34.9 Å². The molecule has 2 atom stereocenters. The van der Waals surface area contributed by atoms with E-state index in [4.69, 9.17) is 9.47 Å². The summed E-state index contributed by atoms with van der Waals surface area (Å²) < 4.78 is 14.8. The van der Waals surface area contributed by atoms with E-state index in [9.17, 15) is 14.9 Å². The van der Waals surface area contributed by atoms with Crippen molar-refractivity contribution >= 4 is 23.3 Å². The van der Waals surface area contributed by atoms with Crippen LogP contribution in [0.25, 0.3) is 11.3 Å². The summed E-state index contributed by atoms with van der Waals surface area (Å²) in [6.45, 7) is 2.30. The molecule has 0 spiro atoms. The SMILES string of the molecule is CCOC(=O)C1CCN(c2cccc(Oc3ccc(-c4csnn4)cc3)n2)C([N+](=O)[O-])C1. The molecule has 4 rings (SSSR count). The van der Waals surface area contributed by atoms with Crippen molar-refractivity contribution < 1.29 is 19.2 Å². The van der Waals surface area contributed by atoms with E-state index in [1.54, 1.807) is 42.2 Å². The highest BCUT2D eigenvalue weighted by molar-refractivity contribution is 7.03. The van der Waals surface area contributed by atoms with Crippen molar-refractivity contribution in [3.05, 3.63) is 58.0 Å². The second-order valence-electron chi connectivity index (χ2n) is 7.18. The Bertz CT molecular complexity index is 1080. The maximum absolute atomic E-state index is 12.1. The molecular formula is C21H21N5O5S. The van der Waals surface area contributed by atoms with Gasteiger partial charge in [-0.15, -0.1) is 5.10 Å². The fraction of sp³-hybridized carbons (Fsp3) is 0.333. The first kappa shape index (κ1) is 21.6. The third kappa shape index (κ3) is 4.83. The van der Waals surface area contributed by atoms with Crippen LogP contribution in [0.3, 0.4) is 0 Å². The maximum Gasteiger partial charge on any atom is 0.309 e. The number of esters is 1. The summed E-state index contributed by atoms with van der Waals surface area (Å²) in [7, 11) is 0. The molecule has 3 aromatic rings. The number of piperidine rings is 1. The molecule has 10 nitrogen and oxygen atoms in total. The Kier molecular flexibility index (Phi) is 6.55. The monoisotopic (exact) mass is 455 g/mol. The van der Waals surface area contributed by atoms with Crippen LogP contribution in [0.2, 0.25) is 0 Å². The summed E-state index contributed by atoms with van der Waals surface area (Å²) in [5, 5.41) is 17.6. The minimum absolute atomic E-state index is 0.0749. The topological polar surface area (TPSA) is 121 Å². The molecule has 1 saturated heterocycles. The van der Waals surface area contributed by atoms with E-state index in [1.807, 2.05) is 17.5 Å². The number of carbonyl (C=O) groups is 1. The predicted molar refractivity (Wildman–Crippen MR) is 117 cm³/mol. The van der Waals surface area contributed by atoms with Crippen molar-refractivity contribution in [3.8, 4) is 22.9 Å². The van der Waals surface area contributed by atoms with E-state index in [1.165, 1.54) is 11.5 Å². The van der Waals surface area contributed by atoms with Gasteiger partial charge in [-0.25, -0.2) is 0 Å². The van der Waals surface area contributed by atoms with Crippen molar-refractivity contribution in [3.63, 3.8) is 0 Å². The molecule has 1 fully saturated rings. The number of hydrogen-bond acceptors (Lipinski definition) is 10. The number of benzene rings is 1. The third-order valence-electron chi connectivity index (χ3n) is 5.17. The smallest absolute Gasteiger partial charge is 0.309 e. The number of rotatable bonds is 7. The molecule has 2 aromatic heterocycles. The van der Waals surface area contributed by atoms with Crippen molar-refractivity contribution in [2.24, 2.45) is 5.92 Å². The molecule has 0 N–H and O–H groups in total. The average molecular weight is 455 g/mol. The van der Waals surface area contributed by atoms with Crippen LogP contribution < -0.4 is 9.64 Å². The van der Waals surface area contributed by atoms with Crippen molar-refractivity contribution in [1.82, 2.24) is 14.6 Å². The summed E-state index contributed by atoms with van der Waals surface area (Å²) in [6.07, 6.45) is -0.527. The number of ether oxygens (including phenoxy) is 2. The Morgan fingerprint density at radius 2 is 2.09 bits per heavy atom. The number of nitro groups is 1. The number of nitrogens with zero attached hydrogens (tertiary/aromatic N) is 5. The molecule has 1 aliphatic heterocycles. The highest BCUT2D eigenvalue weighted by Crippen LogP contribution is 2.30. The molecule has 0 amide bonds. The fourth-order valence-electron chi connectivity index (χ4n) is 3.61. The van der Waals surface area contributed by atoms with Gasteiger partial charge in [-0.05, 0) is 55.2 Å². The zero-order valence-corrected chi connectivity index (χ0v) is 18.1. The molecule has 0 aliphatic carbocycles. The summed E-state index contributed by atoms with van der Waals surface area (Å²) >= 11 is 1.28. The number of pyridine rings is 1. The maximum atomic E-state index is 12.1. The Labute approximate surface area is 188 Å². The van der Waals surface area contributed by atoms with Gasteiger partial charge in [0.25, 0.3) is 6.17 Å². The first-order valence-corrected chi connectivity index (χ1v) is 11.0. The molecule has 166 valence electrons. The van der Waals surface area contributed by atoms with Crippen LogP contribution in [0, 0.1) is 16.0 Å². The van der Waals surface area contributed by atoms with Crippen LogP contribution in [0.15, 0.2) is 47.8 Å². The largest absolute Gasteiger partial charge is 0.466 e. The number of anilines is 1. The first-order valence-electron chi connectivity index (χ1n) is 10.1. The van der Waals surface area contributed by atoms with E-state index in [0.717, 1.165) is 11.3 Å². The summed E-state index contributed by atoms with van der Waals surface area (Å²) in [5.74, 6) is 0.443. The van der Waals surface area contributed by atoms with Gasteiger partial charge in [-0.2, -0.15) is 4.98 Å². The lowest BCUT2D eigenvalue weighted by atomic mass is 9.94.